The Morgan fingerprint density at radius 2 is 1.36 bits per heavy atom. The molecular formula is C25H24F3NO4. The third-order valence-electron chi connectivity index (χ3n) is 4.69. The second-order valence-electron chi connectivity index (χ2n) is 7.18. The summed E-state index contributed by atoms with van der Waals surface area (Å²) in [5.74, 6) is -2.33. The molecule has 3 aromatic carbocycles. The van der Waals surface area contributed by atoms with E-state index >= 15 is 0 Å². The van der Waals surface area contributed by atoms with E-state index in [2.05, 4.69) is 0 Å². The topological polar surface area (TPSA) is 89.6 Å². The van der Waals surface area contributed by atoms with Crippen LogP contribution in [-0.2, 0) is 10.9 Å². The van der Waals surface area contributed by atoms with Crippen molar-refractivity contribution in [3.8, 4) is 0 Å². The highest BCUT2D eigenvalue weighted by molar-refractivity contribution is 6.02. The Kier molecular flexibility index (Phi) is 8.76. The Morgan fingerprint density at radius 3 is 1.88 bits per heavy atom. The molecule has 0 radical (unpaired) electrons. The van der Waals surface area contributed by atoms with E-state index in [4.69, 9.17) is 15.6 Å². The van der Waals surface area contributed by atoms with Gasteiger partial charge in [0.25, 0.3) is 0 Å². The summed E-state index contributed by atoms with van der Waals surface area (Å²) in [6, 6.07) is 20.3. The van der Waals surface area contributed by atoms with Gasteiger partial charge in [-0.1, -0.05) is 60.7 Å². The van der Waals surface area contributed by atoms with E-state index in [1.165, 1.54) is 55.0 Å². The molecule has 0 saturated heterocycles. The van der Waals surface area contributed by atoms with Crippen LogP contribution in [0.1, 0.15) is 63.4 Å². The molecule has 0 bridgehead atoms. The Morgan fingerprint density at radius 1 is 0.848 bits per heavy atom. The maximum atomic E-state index is 13.0. The van der Waals surface area contributed by atoms with Gasteiger partial charge < -0.3 is 15.6 Å². The Bertz CT molecular complexity index is 1080. The molecule has 3 aromatic rings. The maximum Gasteiger partial charge on any atom is 0.416 e. The SMILES string of the molecule is C[C@@H](N)c1ccccc1.C[C@@H](OC(=O)c1ccccc1C(=O)O)c1ccccc1C(F)(F)F. The highest BCUT2D eigenvalue weighted by atomic mass is 19.4. The maximum absolute atomic E-state index is 13.0. The highest BCUT2D eigenvalue weighted by Crippen LogP contribution is 2.35. The van der Waals surface area contributed by atoms with Crippen LogP contribution in [-0.4, -0.2) is 17.0 Å². The highest BCUT2D eigenvalue weighted by Gasteiger charge is 2.35. The lowest BCUT2D eigenvalue weighted by molar-refractivity contribution is -0.139. The van der Waals surface area contributed by atoms with Gasteiger partial charge in [-0.15, -0.1) is 0 Å². The molecular weight excluding hydrogens is 435 g/mol. The number of carboxylic acids is 1. The van der Waals surface area contributed by atoms with Gasteiger partial charge >= 0.3 is 18.1 Å². The molecule has 0 aliphatic rings. The summed E-state index contributed by atoms with van der Waals surface area (Å²) >= 11 is 0. The molecule has 0 aliphatic carbocycles. The number of rotatable bonds is 5. The smallest absolute Gasteiger partial charge is 0.416 e. The van der Waals surface area contributed by atoms with E-state index in [1.54, 1.807) is 0 Å². The van der Waals surface area contributed by atoms with Crippen molar-refractivity contribution in [3.05, 3.63) is 107 Å². The van der Waals surface area contributed by atoms with Gasteiger partial charge in [-0.2, -0.15) is 13.2 Å². The van der Waals surface area contributed by atoms with Crippen LogP contribution in [0.2, 0.25) is 0 Å². The fourth-order valence-corrected chi connectivity index (χ4v) is 3.00. The van der Waals surface area contributed by atoms with E-state index in [-0.39, 0.29) is 22.7 Å². The molecule has 3 rings (SSSR count). The minimum absolute atomic E-state index is 0.159. The lowest BCUT2D eigenvalue weighted by Gasteiger charge is -2.19. The first kappa shape index (κ1) is 25.6. The van der Waals surface area contributed by atoms with Crippen molar-refractivity contribution in [1.29, 1.82) is 0 Å². The molecule has 0 fully saturated rings. The van der Waals surface area contributed by atoms with Gasteiger partial charge in [0.2, 0.25) is 0 Å². The molecule has 3 N–H and O–H groups in total. The van der Waals surface area contributed by atoms with Crippen molar-refractivity contribution >= 4 is 11.9 Å². The first-order chi connectivity index (χ1) is 15.5. The number of nitrogens with two attached hydrogens (primary N) is 1. The average Bonchev–Trinajstić information content (AvgIpc) is 2.79. The van der Waals surface area contributed by atoms with Gasteiger partial charge in [0, 0.05) is 11.6 Å². The molecule has 0 spiro atoms. The number of carbonyl (C=O) groups excluding carboxylic acids is 1. The summed E-state index contributed by atoms with van der Waals surface area (Å²) in [5.41, 5.74) is 5.20. The number of alkyl halides is 3. The molecule has 0 aromatic heterocycles. The minimum atomic E-state index is -4.59. The molecule has 174 valence electrons. The fourth-order valence-electron chi connectivity index (χ4n) is 3.00. The summed E-state index contributed by atoms with van der Waals surface area (Å²) < 4.78 is 44.1. The molecule has 2 atom stereocenters. The quantitative estimate of drug-likeness (QED) is 0.455. The van der Waals surface area contributed by atoms with E-state index in [9.17, 15) is 22.8 Å². The average molecular weight is 459 g/mol. The van der Waals surface area contributed by atoms with Crippen LogP contribution in [0, 0.1) is 0 Å². The molecule has 0 aliphatic heterocycles. The number of hydrogen-bond acceptors (Lipinski definition) is 4. The number of esters is 1. The van der Waals surface area contributed by atoms with Crippen LogP contribution in [0.3, 0.4) is 0 Å². The van der Waals surface area contributed by atoms with Crippen molar-refractivity contribution in [2.75, 3.05) is 0 Å². The molecule has 0 amide bonds. The zero-order valence-electron chi connectivity index (χ0n) is 18.0. The first-order valence-corrected chi connectivity index (χ1v) is 10.0. The normalized spacial score (nSPS) is 12.7. The molecule has 33 heavy (non-hydrogen) atoms. The Labute approximate surface area is 189 Å². The lowest BCUT2D eigenvalue weighted by Crippen LogP contribution is -2.17. The number of carboxylic acid groups (broad SMARTS) is 1. The summed E-state index contributed by atoms with van der Waals surface area (Å²) in [4.78, 5) is 23.3. The van der Waals surface area contributed by atoms with Gasteiger partial charge in [-0.05, 0) is 37.6 Å². The molecule has 0 heterocycles. The van der Waals surface area contributed by atoms with Crippen molar-refractivity contribution < 1.29 is 32.6 Å². The van der Waals surface area contributed by atoms with Crippen LogP contribution in [0.4, 0.5) is 13.2 Å². The Balaban J connectivity index is 0.000000357. The van der Waals surface area contributed by atoms with Gasteiger partial charge in [0.05, 0.1) is 16.7 Å². The van der Waals surface area contributed by atoms with E-state index < -0.39 is 29.8 Å². The van der Waals surface area contributed by atoms with E-state index in [1.807, 2.05) is 37.3 Å². The van der Waals surface area contributed by atoms with Crippen molar-refractivity contribution in [2.24, 2.45) is 5.73 Å². The van der Waals surface area contributed by atoms with Crippen LogP contribution in [0.15, 0.2) is 78.9 Å². The number of halogens is 3. The first-order valence-electron chi connectivity index (χ1n) is 10.0. The third kappa shape index (κ3) is 7.18. The monoisotopic (exact) mass is 459 g/mol. The summed E-state index contributed by atoms with van der Waals surface area (Å²) in [6.07, 6.45) is -5.78. The third-order valence-corrected chi connectivity index (χ3v) is 4.69. The standard InChI is InChI=1S/C17H13F3O4.C8H11N/c1-10(11-6-4-5-9-14(11)17(18,19)20)24-16(23)13-8-3-2-7-12(13)15(21)22;1-7(9)8-5-3-2-4-6-8/h2-10H,1H3,(H,21,22);2-7H,9H2,1H3/t10-;7-/m11/s1. The number of ether oxygens (including phenoxy) is 1. The number of hydrogen-bond donors (Lipinski definition) is 2. The molecule has 0 unspecified atom stereocenters. The summed E-state index contributed by atoms with van der Waals surface area (Å²) in [5, 5.41) is 9.06. The largest absolute Gasteiger partial charge is 0.478 e. The van der Waals surface area contributed by atoms with Crippen molar-refractivity contribution in [3.63, 3.8) is 0 Å². The van der Waals surface area contributed by atoms with Crippen molar-refractivity contribution in [2.45, 2.75) is 32.2 Å². The second-order valence-corrected chi connectivity index (χ2v) is 7.18. The van der Waals surface area contributed by atoms with E-state index in [0.29, 0.717) is 0 Å². The zero-order chi connectivity index (χ0) is 24.6. The van der Waals surface area contributed by atoms with Crippen LogP contribution in [0.5, 0.6) is 0 Å². The molecule has 0 saturated carbocycles. The van der Waals surface area contributed by atoms with Crippen LogP contribution >= 0.6 is 0 Å². The van der Waals surface area contributed by atoms with Crippen molar-refractivity contribution in [1.82, 2.24) is 0 Å². The van der Waals surface area contributed by atoms with Gasteiger partial charge in [0.1, 0.15) is 6.10 Å². The fraction of sp³-hybridized carbons (Fsp3) is 0.200. The lowest BCUT2D eigenvalue weighted by atomic mass is 10.0. The predicted octanol–water partition coefficient (Wildman–Crippen LogP) is 6.03. The van der Waals surface area contributed by atoms with Crippen LogP contribution in [0.25, 0.3) is 0 Å². The number of benzene rings is 3. The van der Waals surface area contributed by atoms with Crippen LogP contribution < -0.4 is 5.73 Å². The summed E-state index contributed by atoms with van der Waals surface area (Å²) in [6.45, 7) is 3.28. The Hall–Kier alpha value is -3.65. The van der Waals surface area contributed by atoms with Gasteiger partial charge in [-0.25, -0.2) is 9.59 Å². The summed E-state index contributed by atoms with van der Waals surface area (Å²) in [7, 11) is 0. The number of aromatic carboxylic acids is 1. The van der Waals surface area contributed by atoms with Gasteiger partial charge in [0.15, 0.2) is 0 Å². The van der Waals surface area contributed by atoms with E-state index in [0.717, 1.165) is 6.07 Å². The molecule has 5 nitrogen and oxygen atoms in total. The predicted molar refractivity (Wildman–Crippen MR) is 118 cm³/mol. The molecule has 8 heteroatoms. The second kappa shape index (κ2) is 11.3. The van der Waals surface area contributed by atoms with Gasteiger partial charge in [-0.3, -0.25) is 0 Å². The number of carbonyl (C=O) groups is 2. The minimum Gasteiger partial charge on any atom is -0.478 e. The zero-order valence-corrected chi connectivity index (χ0v) is 18.0.